The zero-order chi connectivity index (χ0) is 11.6. The number of nitrogens with one attached hydrogen (secondary N) is 1. The van der Waals surface area contributed by atoms with Crippen LogP contribution in [0.25, 0.3) is 0 Å². The molecule has 1 aromatic rings. The summed E-state index contributed by atoms with van der Waals surface area (Å²) in [5, 5.41) is 9.32. The zero-order valence-corrected chi connectivity index (χ0v) is 11.7. The van der Waals surface area contributed by atoms with E-state index in [0.29, 0.717) is 8.81 Å². The summed E-state index contributed by atoms with van der Waals surface area (Å²) >= 11 is 9.88. The average molecular weight is 335 g/mol. The molecule has 1 rings (SSSR count). The third kappa shape index (κ3) is 3.69. The van der Waals surface area contributed by atoms with Crippen LogP contribution in [-0.2, 0) is 10.0 Å². The molecule has 0 unspecified atom stereocenters. The molecular formula is C7H9BrClNO3S2. The standard InChI is InChI=1S/C7H9BrClNO3S2/c1-4(11)3-10-15(12,13)6-2-5(9)7(8)14-6/h2,4,10-11H,3H2,1H3/t4-/m0/s1. The minimum absolute atomic E-state index is 0.0184. The molecule has 4 nitrogen and oxygen atoms in total. The molecule has 1 atom stereocenters. The van der Waals surface area contributed by atoms with Gasteiger partial charge >= 0.3 is 0 Å². The van der Waals surface area contributed by atoms with Crippen molar-refractivity contribution in [2.45, 2.75) is 17.2 Å². The van der Waals surface area contributed by atoms with Crippen LogP contribution in [0.5, 0.6) is 0 Å². The van der Waals surface area contributed by atoms with E-state index in [9.17, 15) is 8.42 Å². The fourth-order valence-electron chi connectivity index (χ4n) is 0.761. The SMILES string of the molecule is C[C@H](O)CNS(=O)(=O)c1cc(Cl)c(Br)s1. The second kappa shape index (κ2) is 5.11. The van der Waals surface area contributed by atoms with Crippen molar-refractivity contribution in [2.75, 3.05) is 6.54 Å². The minimum Gasteiger partial charge on any atom is -0.392 e. The van der Waals surface area contributed by atoms with Gasteiger partial charge in [-0.25, -0.2) is 13.1 Å². The number of hydrogen-bond acceptors (Lipinski definition) is 4. The van der Waals surface area contributed by atoms with Gasteiger partial charge in [0.2, 0.25) is 10.0 Å². The van der Waals surface area contributed by atoms with Crippen molar-refractivity contribution in [1.82, 2.24) is 4.72 Å². The van der Waals surface area contributed by atoms with Crippen molar-refractivity contribution in [3.63, 3.8) is 0 Å². The molecule has 2 N–H and O–H groups in total. The fourth-order valence-corrected chi connectivity index (χ4v) is 4.33. The fraction of sp³-hybridized carbons (Fsp3) is 0.429. The van der Waals surface area contributed by atoms with Gasteiger partial charge in [0.15, 0.2) is 0 Å². The number of aliphatic hydroxyl groups excluding tert-OH is 1. The molecule has 0 aromatic carbocycles. The smallest absolute Gasteiger partial charge is 0.250 e. The molecule has 1 aromatic heterocycles. The van der Waals surface area contributed by atoms with Crippen LogP contribution >= 0.6 is 38.9 Å². The normalized spacial score (nSPS) is 14.1. The highest BCUT2D eigenvalue weighted by Gasteiger charge is 2.18. The summed E-state index contributed by atoms with van der Waals surface area (Å²) in [6.07, 6.45) is -0.723. The van der Waals surface area contributed by atoms with E-state index in [1.165, 1.54) is 13.0 Å². The molecule has 0 amide bonds. The maximum absolute atomic E-state index is 11.6. The van der Waals surface area contributed by atoms with Gasteiger partial charge in [0, 0.05) is 6.54 Å². The molecule has 8 heteroatoms. The van der Waals surface area contributed by atoms with Crippen molar-refractivity contribution >= 4 is 48.9 Å². The first kappa shape index (κ1) is 13.4. The van der Waals surface area contributed by atoms with Crippen LogP contribution < -0.4 is 4.72 Å². The van der Waals surface area contributed by atoms with Crippen LogP contribution in [0.15, 0.2) is 14.1 Å². The Morgan fingerprint density at radius 3 is 2.73 bits per heavy atom. The minimum atomic E-state index is -3.56. The van der Waals surface area contributed by atoms with E-state index in [0.717, 1.165) is 11.3 Å². The highest BCUT2D eigenvalue weighted by Crippen LogP contribution is 2.34. The van der Waals surface area contributed by atoms with Crippen LogP contribution in [0.4, 0.5) is 0 Å². The van der Waals surface area contributed by atoms with E-state index >= 15 is 0 Å². The molecule has 0 fully saturated rings. The van der Waals surface area contributed by atoms with Gasteiger partial charge in [-0.1, -0.05) is 11.6 Å². The summed E-state index contributed by atoms with van der Waals surface area (Å²) in [4.78, 5) is 0. The Morgan fingerprint density at radius 2 is 2.33 bits per heavy atom. The highest BCUT2D eigenvalue weighted by molar-refractivity contribution is 9.11. The lowest BCUT2D eigenvalue weighted by atomic mass is 10.4. The van der Waals surface area contributed by atoms with Crippen LogP contribution in [-0.4, -0.2) is 26.2 Å². The molecule has 0 spiro atoms. The third-order valence-corrected chi connectivity index (χ3v) is 5.83. The second-order valence-electron chi connectivity index (χ2n) is 2.89. The lowest BCUT2D eigenvalue weighted by Crippen LogP contribution is -2.30. The van der Waals surface area contributed by atoms with Crippen molar-refractivity contribution in [3.05, 3.63) is 14.9 Å². The summed E-state index contributed by atoms with van der Waals surface area (Å²) in [5.74, 6) is 0. The van der Waals surface area contributed by atoms with Crippen LogP contribution in [0.2, 0.25) is 5.02 Å². The number of halogens is 2. The van der Waals surface area contributed by atoms with Gasteiger partial charge in [0.05, 0.1) is 14.9 Å². The number of hydrogen-bond donors (Lipinski definition) is 2. The maximum atomic E-state index is 11.6. The number of rotatable bonds is 4. The first-order valence-corrected chi connectivity index (χ1v) is 7.42. The molecule has 86 valence electrons. The predicted molar refractivity (Wildman–Crippen MR) is 63.9 cm³/mol. The summed E-state index contributed by atoms with van der Waals surface area (Å²) in [7, 11) is -3.56. The quantitative estimate of drug-likeness (QED) is 0.883. The average Bonchev–Trinajstić information content (AvgIpc) is 2.45. The van der Waals surface area contributed by atoms with Gasteiger partial charge in [0.25, 0.3) is 0 Å². The number of aliphatic hydroxyl groups is 1. The summed E-state index contributed by atoms with van der Waals surface area (Å²) in [6.45, 7) is 1.48. The highest BCUT2D eigenvalue weighted by atomic mass is 79.9. The molecule has 1 heterocycles. The molecule has 15 heavy (non-hydrogen) atoms. The Morgan fingerprint density at radius 1 is 1.73 bits per heavy atom. The van der Waals surface area contributed by atoms with E-state index in [1.807, 2.05) is 0 Å². The van der Waals surface area contributed by atoms with E-state index in [2.05, 4.69) is 20.7 Å². The van der Waals surface area contributed by atoms with Crippen LogP contribution in [0.3, 0.4) is 0 Å². The van der Waals surface area contributed by atoms with E-state index in [1.54, 1.807) is 0 Å². The number of thiophene rings is 1. The third-order valence-electron chi connectivity index (χ3n) is 1.46. The van der Waals surface area contributed by atoms with Crippen molar-refractivity contribution in [1.29, 1.82) is 0 Å². The van der Waals surface area contributed by atoms with Crippen molar-refractivity contribution < 1.29 is 13.5 Å². The maximum Gasteiger partial charge on any atom is 0.250 e. The van der Waals surface area contributed by atoms with Gasteiger partial charge in [0.1, 0.15) is 4.21 Å². The Bertz CT molecular complexity index is 424. The van der Waals surface area contributed by atoms with Gasteiger partial charge in [-0.3, -0.25) is 0 Å². The monoisotopic (exact) mass is 333 g/mol. The molecule has 0 saturated carbocycles. The van der Waals surface area contributed by atoms with E-state index in [-0.39, 0.29) is 10.8 Å². The Kier molecular flexibility index (Phi) is 4.57. The summed E-state index contributed by atoms with van der Waals surface area (Å²) in [5.41, 5.74) is 0. The van der Waals surface area contributed by atoms with Gasteiger partial charge < -0.3 is 5.11 Å². The van der Waals surface area contributed by atoms with Gasteiger partial charge in [-0.2, -0.15) is 0 Å². The van der Waals surface area contributed by atoms with Crippen molar-refractivity contribution in [3.8, 4) is 0 Å². The van der Waals surface area contributed by atoms with Crippen LogP contribution in [0.1, 0.15) is 6.92 Å². The van der Waals surface area contributed by atoms with E-state index < -0.39 is 16.1 Å². The Hall–Kier alpha value is 0.340. The molecule has 0 aliphatic carbocycles. The Balaban J connectivity index is 2.87. The van der Waals surface area contributed by atoms with Crippen molar-refractivity contribution in [2.24, 2.45) is 0 Å². The largest absolute Gasteiger partial charge is 0.392 e. The summed E-state index contributed by atoms with van der Waals surface area (Å²) < 4.78 is 26.2. The molecule has 0 aliphatic heterocycles. The van der Waals surface area contributed by atoms with Gasteiger partial charge in [-0.15, -0.1) is 11.3 Å². The predicted octanol–water partition coefficient (Wildman–Crippen LogP) is 1.82. The van der Waals surface area contributed by atoms with Crippen LogP contribution in [0, 0.1) is 0 Å². The molecule has 0 bridgehead atoms. The lowest BCUT2D eigenvalue weighted by molar-refractivity contribution is 0.198. The second-order valence-corrected chi connectivity index (χ2v) is 7.66. The molecule has 0 aliphatic rings. The van der Waals surface area contributed by atoms with E-state index in [4.69, 9.17) is 16.7 Å². The molecular weight excluding hydrogens is 326 g/mol. The zero-order valence-electron chi connectivity index (χ0n) is 7.70. The molecule has 0 radical (unpaired) electrons. The van der Waals surface area contributed by atoms with Gasteiger partial charge in [-0.05, 0) is 28.9 Å². The Labute approximate surface area is 105 Å². The number of sulfonamides is 1. The molecule has 0 saturated heterocycles. The first-order chi connectivity index (χ1) is 6.83. The summed E-state index contributed by atoms with van der Waals surface area (Å²) in [6, 6.07) is 1.36. The first-order valence-electron chi connectivity index (χ1n) is 3.95. The lowest BCUT2D eigenvalue weighted by Gasteiger charge is -2.05. The topological polar surface area (TPSA) is 66.4 Å².